The third-order valence-corrected chi connectivity index (χ3v) is 4.21. The van der Waals surface area contributed by atoms with Crippen molar-refractivity contribution < 1.29 is 9.53 Å². The second-order valence-electron chi connectivity index (χ2n) is 5.92. The molecule has 4 heteroatoms. The Kier molecular flexibility index (Phi) is 4.41. The van der Waals surface area contributed by atoms with Gasteiger partial charge in [-0.2, -0.15) is 0 Å². The number of carbonyl (C=O) groups is 1. The maximum atomic E-state index is 12.1. The third kappa shape index (κ3) is 3.42. The maximum Gasteiger partial charge on any atom is 0.267 e. The van der Waals surface area contributed by atoms with Crippen molar-refractivity contribution in [3.63, 3.8) is 0 Å². The summed E-state index contributed by atoms with van der Waals surface area (Å²) in [7, 11) is 0. The fourth-order valence-corrected chi connectivity index (χ4v) is 2.92. The molecule has 1 saturated carbocycles. The largest absolute Gasteiger partial charge is 0.378 e. The van der Waals surface area contributed by atoms with Crippen molar-refractivity contribution in [2.75, 3.05) is 13.2 Å². The van der Waals surface area contributed by atoms with E-state index in [0.29, 0.717) is 12.1 Å². The molecule has 1 aromatic rings. The van der Waals surface area contributed by atoms with Crippen LogP contribution >= 0.6 is 0 Å². The highest BCUT2D eigenvalue weighted by atomic mass is 16.5. The molecule has 2 fully saturated rings. The molecular formula is C16H24N2O2. The van der Waals surface area contributed by atoms with Crippen LogP contribution in [0.25, 0.3) is 0 Å². The number of hydrogen-bond donors (Lipinski definition) is 1. The normalized spacial score (nSPS) is 22.1. The number of rotatable bonds is 7. The van der Waals surface area contributed by atoms with E-state index >= 15 is 0 Å². The second kappa shape index (κ2) is 6.44. The number of ether oxygens (including phenoxy) is 1. The molecule has 1 aromatic heterocycles. The number of amides is 1. The first-order valence-corrected chi connectivity index (χ1v) is 7.91. The SMILES string of the molecule is O=C(NCCCC[C@@H]1CCCO1)c1cccn1C1CC1. The molecule has 3 rings (SSSR count). The quantitative estimate of drug-likeness (QED) is 0.778. The molecule has 110 valence electrons. The Morgan fingerprint density at radius 1 is 1.35 bits per heavy atom. The van der Waals surface area contributed by atoms with Crippen LogP contribution in [0.4, 0.5) is 0 Å². The van der Waals surface area contributed by atoms with Crippen LogP contribution in [-0.4, -0.2) is 29.7 Å². The van der Waals surface area contributed by atoms with Crippen molar-refractivity contribution in [2.24, 2.45) is 0 Å². The van der Waals surface area contributed by atoms with Crippen LogP contribution in [0.1, 0.15) is 61.5 Å². The number of unbranched alkanes of at least 4 members (excludes halogenated alkanes) is 1. The van der Waals surface area contributed by atoms with E-state index in [1.807, 2.05) is 18.3 Å². The average molecular weight is 276 g/mol. The standard InChI is InChI=1S/C16H24N2O2/c19-16(15-7-3-11-18(15)13-8-9-13)17-10-2-1-5-14-6-4-12-20-14/h3,7,11,13-14H,1-2,4-6,8-10,12H2,(H,17,19)/t14-/m1/s1. The summed E-state index contributed by atoms with van der Waals surface area (Å²) in [5, 5.41) is 3.03. The minimum atomic E-state index is 0.0685. The van der Waals surface area contributed by atoms with Crippen LogP contribution in [0.5, 0.6) is 0 Å². The highest BCUT2D eigenvalue weighted by Crippen LogP contribution is 2.35. The lowest BCUT2D eigenvalue weighted by Crippen LogP contribution is -2.26. The molecule has 2 heterocycles. The van der Waals surface area contributed by atoms with Crippen molar-refractivity contribution in [1.29, 1.82) is 0 Å². The summed E-state index contributed by atoms with van der Waals surface area (Å²) < 4.78 is 7.71. The Balaban J connectivity index is 1.35. The first-order valence-electron chi connectivity index (χ1n) is 7.91. The Hall–Kier alpha value is -1.29. The minimum Gasteiger partial charge on any atom is -0.378 e. The molecule has 1 aliphatic carbocycles. The van der Waals surface area contributed by atoms with Gasteiger partial charge < -0.3 is 14.6 Å². The molecule has 0 aromatic carbocycles. The van der Waals surface area contributed by atoms with Crippen LogP contribution in [0, 0.1) is 0 Å². The van der Waals surface area contributed by atoms with Gasteiger partial charge in [0.1, 0.15) is 5.69 Å². The van der Waals surface area contributed by atoms with Gasteiger partial charge in [0.25, 0.3) is 5.91 Å². The van der Waals surface area contributed by atoms with Gasteiger partial charge in [-0.15, -0.1) is 0 Å². The number of hydrogen-bond acceptors (Lipinski definition) is 2. The molecule has 1 aliphatic heterocycles. The molecule has 20 heavy (non-hydrogen) atoms. The molecule has 1 atom stereocenters. The lowest BCUT2D eigenvalue weighted by molar-refractivity contribution is 0.0938. The van der Waals surface area contributed by atoms with Gasteiger partial charge in [0.2, 0.25) is 0 Å². The lowest BCUT2D eigenvalue weighted by Gasteiger charge is -2.10. The molecule has 0 unspecified atom stereocenters. The van der Waals surface area contributed by atoms with E-state index in [4.69, 9.17) is 4.74 Å². The van der Waals surface area contributed by atoms with Gasteiger partial charge in [-0.05, 0) is 57.1 Å². The van der Waals surface area contributed by atoms with Gasteiger partial charge >= 0.3 is 0 Å². The topological polar surface area (TPSA) is 43.3 Å². The van der Waals surface area contributed by atoms with Crippen LogP contribution in [0.15, 0.2) is 18.3 Å². The van der Waals surface area contributed by atoms with Gasteiger partial charge in [0.15, 0.2) is 0 Å². The molecular weight excluding hydrogens is 252 g/mol. The van der Waals surface area contributed by atoms with Crippen molar-refractivity contribution in [1.82, 2.24) is 9.88 Å². The molecule has 0 spiro atoms. The predicted octanol–water partition coefficient (Wildman–Crippen LogP) is 2.90. The maximum absolute atomic E-state index is 12.1. The number of nitrogens with zero attached hydrogens (tertiary/aromatic N) is 1. The number of aromatic nitrogens is 1. The van der Waals surface area contributed by atoms with Crippen molar-refractivity contribution in [3.8, 4) is 0 Å². The van der Waals surface area contributed by atoms with Crippen molar-refractivity contribution in [3.05, 3.63) is 24.0 Å². The molecule has 1 amide bonds. The van der Waals surface area contributed by atoms with Gasteiger partial charge in [-0.3, -0.25) is 4.79 Å². The Morgan fingerprint density at radius 3 is 3.00 bits per heavy atom. The summed E-state index contributed by atoms with van der Waals surface area (Å²) in [5.41, 5.74) is 0.812. The van der Waals surface area contributed by atoms with Gasteiger partial charge in [0.05, 0.1) is 6.10 Å². The van der Waals surface area contributed by atoms with E-state index in [1.165, 1.54) is 25.7 Å². The summed E-state index contributed by atoms with van der Waals surface area (Å²) in [6.07, 6.45) is 10.6. The van der Waals surface area contributed by atoms with E-state index in [9.17, 15) is 4.79 Å². The monoisotopic (exact) mass is 276 g/mol. The van der Waals surface area contributed by atoms with Crippen LogP contribution in [0.2, 0.25) is 0 Å². The second-order valence-corrected chi connectivity index (χ2v) is 5.92. The number of nitrogens with one attached hydrogen (secondary N) is 1. The van der Waals surface area contributed by atoms with Crippen LogP contribution in [0.3, 0.4) is 0 Å². The van der Waals surface area contributed by atoms with E-state index in [-0.39, 0.29) is 5.91 Å². The molecule has 1 N–H and O–H groups in total. The number of carbonyl (C=O) groups excluding carboxylic acids is 1. The lowest BCUT2D eigenvalue weighted by atomic mass is 10.1. The Bertz CT molecular complexity index is 445. The average Bonchev–Trinajstić information content (AvgIpc) is 2.98. The zero-order valence-corrected chi connectivity index (χ0v) is 12.0. The first-order chi connectivity index (χ1) is 9.84. The molecule has 4 nitrogen and oxygen atoms in total. The van der Waals surface area contributed by atoms with Gasteiger partial charge in [-0.1, -0.05) is 0 Å². The summed E-state index contributed by atoms with van der Waals surface area (Å²) >= 11 is 0. The highest BCUT2D eigenvalue weighted by molar-refractivity contribution is 5.92. The smallest absolute Gasteiger partial charge is 0.267 e. The molecule has 2 aliphatic rings. The summed E-state index contributed by atoms with van der Waals surface area (Å²) in [4.78, 5) is 12.1. The van der Waals surface area contributed by atoms with E-state index < -0.39 is 0 Å². The summed E-state index contributed by atoms with van der Waals surface area (Å²) in [6, 6.07) is 4.44. The van der Waals surface area contributed by atoms with E-state index in [2.05, 4.69) is 9.88 Å². The fourth-order valence-electron chi connectivity index (χ4n) is 2.92. The predicted molar refractivity (Wildman–Crippen MR) is 77.9 cm³/mol. The fraction of sp³-hybridized carbons (Fsp3) is 0.688. The zero-order chi connectivity index (χ0) is 13.8. The minimum absolute atomic E-state index is 0.0685. The van der Waals surface area contributed by atoms with Crippen molar-refractivity contribution >= 4 is 5.91 Å². The highest BCUT2D eigenvalue weighted by Gasteiger charge is 2.26. The van der Waals surface area contributed by atoms with Gasteiger partial charge in [-0.25, -0.2) is 0 Å². The van der Waals surface area contributed by atoms with Crippen molar-refractivity contribution in [2.45, 2.75) is 57.1 Å². The Morgan fingerprint density at radius 2 is 2.25 bits per heavy atom. The van der Waals surface area contributed by atoms with Gasteiger partial charge in [0, 0.05) is 25.4 Å². The molecule has 0 bridgehead atoms. The zero-order valence-electron chi connectivity index (χ0n) is 12.0. The Labute approximate surface area is 120 Å². The van der Waals surface area contributed by atoms with Crippen LogP contribution < -0.4 is 5.32 Å². The summed E-state index contributed by atoms with van der Waals surface area (Å²) in [6.45, 7) is 1.70. The molecule has 1 saturated heterocycles. The first kappa shape index (κ1) is 13.7. The van der Waals surface area contributed by atoms with E-state index in [1.54, 1.807) is 0 Å². The van der Waals surface area contributed by atoms with E-state index in [0.717, 1.165) is 38.1 Å². The third-order valence-electron chi connectivity index (χ3n) is 4.21. The van der Waals surface area contributed by atoms with Crippen LogP contribution in [-0.2, 0) is 4.74 Å². The molecule has 0 radical (unpaired) electrons. The summed E-state index contributed by atoms with van der Waals surface area (Å²) in [5.74, 6) is 0.0685.